The second kappa shape index (κ2) is 9.35. The number of hydrogen-bond donors (Lipinski definition) is 1. The molecule has 1 unspecified atom stereocenters. The Morgan fingerprint density at radius 3 is 2.23 bits per heavy atom. The van der Waals surface area contributed by atoms with Crippen molar-refractivity contribution in [2.24, 2.45) is 0 Å². The molecule has 0 spiro atoms. The van der Waals surface area contributed by atoms with Crippen molar-refractivity contribution < 1.29 is 14.3 Å². The maximum absolute atomic E-state index is 13.2. The summed E-state index contributed by atoms with van der Waals surface area (Å²) in [6.45, 7) is 0. The van der Waals surface area contributed by atoms with Crippen LogP contribution in [0, 0.1) is 0 Å². The van der Waals surface area contributed by atoms with Crippen molar-refractivity contribution in [2.75, 3.05) is 19.5 Å². The van der Waals surface area contributed by atoms with E-state index >= 15 is 0 Å². The van der Waals surface area contributed by atoms with Gasteiger partial charge in [-0.15, -0.1) is 0 Å². The number of benzene rings is 4. The number of Topliss-reactive ketones (excluding diaryl/α,β-unsaturated/α-hetero) is 1. The zero-order valence-corrected chi connectivity index (χ0v) is 17.7. The van der Waals surface area contributed by atoms with Crippen LogP contribution in [0.25, 0.3) is 10.8 Å². The van der Waals surface area contributed by atoms with Crippen molar-refractivity contribution in [2.45, 2.75) is 12.5 Å². The molecule has 0 amide bonds. The average Bonchev–Trinajstić information content (AvgIpc) is 2.83. The van der Waals surface area contributed by atoms with Crippen LogP contribution in [0.5, 0.6) is 11.5 Å². The van der Waals surface area contributed by atoms with Gasteiger partial charge in [0.15, 0.2) is 17.3 Å². The lowest BCUT2D eigenvalue weighted by atomic mass is 9.96. The number of ether oxygens (including phenoxy) is 2. The van der Waals surface area contributed by atoms with Gasteiger partial charge in [-0.2, -0.15) is 0 Å². The van der Waals surface area contributed by atoms with Crippen LogP contribution in [0.15, 0.2) is 91.0 Å². The Kier molecular flexibility index (Phi) is 6.18. The second-order valence-corrected chi connectivity index (χ2v) is 7.37. The summed E-state index contributed by atoms with van der Waals surface area (Å²) in [7, 11) is 3.22. The van der Waals surface area contributed by atoms with E-state index in [1.54, 1.807) is 14.2 Å². The monoisotopic (exact) mass is 411 g/mol. The van der Waals surface area contributed by atoms with Crippen LogP contribution in [0.4, 0.5) is 5.69 Å². The van der Waals surface area contributed by atoms with E-state index in [2.05, 4.69) is 5.32 Å². The lowest BCUT2D eigenvalue weighted by molar-refractivity contribution is 0.0976. The number of ketones is 1. The fraction of sp³-hybridized carbons (Fsp3) is 0.148. The Bertz CT molecular complexity index is 1190. The van der Waals surface area contributed by atoms with Gasteiger partial charge in [-0.3, -0.25) is 4.79 Å². The number of nitrogens with one attached hydrogen (secondary N) is 1. The topological polar surface area (TPSA) is 47.6 Å². The molecule has 0 saturated carbocycles. The van der Waals surface area contributed by atoms with Gasteiger partial charge in [-0.05, 0) is 46.7 Å². The third kappa shape index (κ3) is 4.69. The third-order valence-electron chi connectivity index (χ3n) is 5.39. The normalized spacial score (nSPS) is 11.7. The maximum Gasteiger partial charge on any atom is 0.165 e. The van der Waals surface area contributed by atoms with Gasteiger partial charge in [0.05, 0.1) is 20.3 Å². The molecular weight excluding hydrogens is 386 g/mol. The minimum atomic E-state index is -0.221. The van der Waals surface area contributed by atoms with Crippen molar-refractivity contribution in [1.29, 1.82) is 0 Å². The quantitative estimate of drug-likeness (QED) is 0.347. The van der Waals surface area contributed by atoms with E-state index in [-0.39, 0.29) is 11.8 Å². The van der Waals surface area contributed by atoms with E-state index in [0.717, 1.165) is 22.0 Å². The van der Waals surface area contributed by atoms with Crippen LogP contribution in [0.2, 0.25) is 0 Å². The lowest BCUT2D eigenvalue weighted by Crippen LogP contribution is -2.16. The minimum absolute atomic E-state index is 0.0777. The summed E-state index contributed by atoms with van der Waals surface area (Å²) in [6, 6.07) is 29.4. The first-order valence-corrected chi connectivity index (χ1v) is 10.2. The van der Waals surface area contributed by atoms with Crippen molar-refractivity contribution in [1.82, 2.24) is 0 Å². The minimum Gasteiger partial charge on any atom is -0.493 e. The molecule has 0 aliphatic heterocycles. The smallest absolute Gasteiger partial charge is 0.165 e. The molecule has 4 aromatic rings. The highest BCUT2D eigenvalue weighted by molar-refractivity contribution is 6.00. The van der Waals surface area contributed by atoms with Crippen LogP contribution in [-0.2, 0) is 0 Å². The van der Waals surface area contributed by atoms with Gasteiger partial charge in [0.25, 0.3) is 0 Å². The molecule has 1 N–H and O–H groups in total. The Morgan fingerprint density at radius 1 is 0.774 bits per heavy atom. The van der Waals surface area contributed by atoms with Gasteiger partial charge in [-0.1, -0.05) is 60.7 Å². The van der Waals surface area contributed by atoms with Crippen LogP contribution in [0.3, 0.4) is 0 Å². The summed E-state index contributed by atoms with van der Waals surface area (Å²) in [5.74, 6) is 1.37. The summed E-state index contributed by atoms with van der Waals surface area (Å²) in [5, 5.41) is 5.69. The Labute approximate surface area is 182 Å². The number of rotatable bonds is 8. The number of para-hydroxylation sites is 1. The van der Waals surface area contributed by atoms with Gasteiger partial charge < -0.3 is 14.8 Å². The summed E-state index contributed by atoms with van der Waals surface area (Å²) >= 11 is 0. The fourth-order valence-corrected chi connectivity index (χ4v) is 3.72. The number of hydrogen-bond acceptors (Lipinski definition) is 4. The molecule has 0 radical (unpaired) electrons. The lowest BCUT2D eigenvalue weighted by Gasteiger charge is -2.21. The van der Waals surface area contributed by atoms with Gasteiger partial charge >= 0.3 is 0 Å². The van der Waals surface area contributed by atoms with Crippen molar-refractivity contribution in [3.05, 3.63) is 102 Å². The predicted octanol–water partition coefficient (Wildman–Crippen LogP) is 6.28. The highest BCUT2D eigenvalue weighted by Gasteiger charge is 2.19. The highest BCUT2D eigenvalue weighted by atomic mass is 16.5. The third-order valence-corrected chi connectivity index (χ3v) is 5.39. The molecule has 1 atom stereocenters. The molecule has 0 aliphatic carbocycles. The van der Waals surface area contributed by atoms with Crippen molar-refractivity contribution >= 4 is 22.2 Å². The fourth-order valence-electron chi connectivity index (χ4n) is 3.72. The van der Waals surface area contributed by atoms with E-state index in [1.807, 2.05) is 91.0 Å². The van der Waals surface area contributed by atoms with E-state index in [4.69, 9.17) is 9.47 Å². The summed E-state index contributed by atoms with van der Waals surface area (Å²) in [6.07, 6.45) is 0.308. The number of methoxy groups -OCH3 is 2. The van der Waals surface area contributed by atoms with E-state index in [9.17, 15) is 4.79 Å². The van der Waals surface area contributed by atoms with E-state index < -0.39 is 0 Å². The Morgan fingerprint density at radius 2 is 1.48 bits per heavy atom. The van der Waals surface area contributed by atoms with Gasteiger partial charge in [-0.25, -0.2) is 0 Å². The summed E-state index contributed by atoms with van der Waals surface area (Å²) < 4.78 is 10.8. The summed E-state index contributed by atoms with van der Waals surface area (Å²) in [5.41, 5.74) is 2.61. The molecule has 0 bridgehead atoms. The van der Waals surface area contributed by atoms with Crippen LogP contribution >= 0.6 is 0 Å². The largest absolute Gasteiger partial charge is 0.493 e. The molecule has 4 heteroatoms. The molecule has 0 aliphatic rings. The average molecular weight is 412 g/mol. The molecule has 0 aromatic heterocycles. The van der Waals surface area contributed by atoms with Crippen LogP contribution in [-0.4, -0.2) is 20.0 Å². The first-order valence-electron chi connectivity index (χ1n) is 10.2. The van der Waals surface area contributed by atoms with Crippen molar-refractivity contribution in [3.63, 3.8) is 0 Å². The molecule has 4 aromatic carbocycles. The molecule has 0 saturated heterocycles. The van der Waals surface area contributed by atoms with Crippen LogP contribution in [0.1, 0.15) is 28.4 Å². The zero-order chi connectivity index (χ0) is 21.6. The Balaban J connectivity index is 1.65. The molecule has 4 rings (SSSR count). The van der Waals surface area contributed by atoms with E-state index in [1.165, 1.54) is 0 Å². The molecular formula is C27H25NO3. The number of fused-ring (bicyclic) bond motifs is 1. The van der Waals surface area contributed by atoms with Gasteiger partial charge in [0, 0.05) is 17.7 Å². The van der Waals surface area contributed by atoms with Gasteiger partial charge in [0.2, 0.25) is 0 Å². The van der Waals surface area contributed by atoms with E-state index in [0.29, 0.717) is 23.5 Å². The standard InChI is InChI=1S/C27H25NO3/c1-30-26-15-14-21(17-27(26)31-2)24(28-23-10-4-3-5-11-23)18-25(29)22-13-12-19-8-6-7-9-20(19)16-22/h3-17,24,28H,18H2,1-2H3. The SMILES string of the molecule is COc1ccc(C(CC(=O)c2ccc3ccccc3c2)Nc2ccccc2)cc1OC. The maximum atomic E-state index is 13.2. The first-order chi connectivity index (χ1) is 15.2. The Hall–Kier alpha value is -3.79. The van der Waals surface area contributed by atoms with Crippen LogP contribution < -0.4 is 14.8 Å². The predicted molar refractivity (Wildman–Crippen MR) is 125 cm³/mol. The zero-order valence-electron chi connectivity index (χ0n) is 17.7. The van der Waals surface area contributed by atoms with Crippen molar-refractivity contribution in [3.8, 4) is 11.5 Å². The second-order valence-electron chi connectivity index (χ2n) is 7.37. The molecule has 156 valence electrons. The molecule has 4 nitrogen and oxygen atoms in total. The number of anilines is 1. The number of carbonyl (C=O) groups is 1. The molecule has 0 fully saturated rings. The highest BCUT2D eigenvalue weighted by Crippen LogP contribution is 2.33. The van der Waals surface area contributed by atoms with Gasteiger partial charge in [0.1, 0.15) is 0 Å². The first kappa shape index (κ1) is 20.5. The number of carbonyl (C=O) groups excluding carboxylic acids is 1. The summed E-state index contributed by atoms with van der Waals surface area (Å²) in [4.78, 5) is 13.2. The molecule has 0 heterocycles. The molecule has 31 heavy (non-hydrogen) atoms.